The smallest absolute Gasteiger partial charge is 0.340 e. The molecule has 1 aliphatic heterocycles. The predicted molar refractivity (Wildman–Crippen MR) is 106 cm³/mol. The maximum atomic E-state index is 13.1. The lowest BCUT2D eigenvalue weighted by atomic mass is 10.2. The van der Waals surface area contributed by atoms with E-state index in [2.05, 4.69) is 25.0 Å². The first kappa shape index (κ1) is 20.1. The van der Waals surface area contributed by atoms with E-state index in [1.807, 2.05) is 0 Å². The molecule has 0 unspecified atom stereocenters. The fraction of sp³-hybridized carbons (Fsp3) is 0.211. The van der Waals surface area contributed by atoms with Crippen LogP contribution in [0.15, 0.2) is 58.4 Å². The van der Waals surface area contributed by atoms with Crippen LogP contribution in [-0.2, 0) is 16.2 Å². The van der Waals surface area contributed by atoms with Gasteiger partial charge in [0, 0.05) is 24.0 Å². The highest BCUT2D eigenvalue weighted by atomic mass is 32.2. The molecule has 0 saturated heterocycles. The monoisotopic (exact) mass is 435 g/mol. The third-order valence-electron chi connectivity index (χ3n) is 4.41. The Morgan fingerprint density at radius 2 is 1.70 bits per heavy atom. The number of hydrogen-bond donors (Lipinski definition) is 2. The molecule has 1 aliphatic rings. The van der Waals surface area contributed by atoms with Gasteiger partial charge in [0.2, 0.25) is 5.82 Å². The molecule has 0 spiro atoms. The molecule has 2 aromatic carbocycles. The number of hydrogen-bond acceptors (Lipinski definition) is 6. The fourth-order valence-corrected chi connectivity index (χ4v) is 4.08. The summed E-state index contributed by atoms with van der Waals surface area (Å²) in [7, 11) is -3.78. The number of nitrogens with one attached hydrogen (secondary N) is 2. The van der Waals surface area contributed by atoms with Gasteiger partial charge in [-0.1, -0.05) is 12.1 Å². The lowest BCUT2D eigenvalue weighted by molar-refractivity contribution is -0.144. The van der Waals surface area contributed by atoms with Gasteiger partial charge in [-0.15, -0.1) is 0 Å². The molecule has 0 radical (unpaired) electrons. The van der Waals surface area contributed by atoms with Crippen LogP contribution in [0.2, 0.25) is 0 Å². The number of anilines is 2. The highest BCUT2D eigenvalue weighted by Gasteiger charge is 2.35. The summed E-state index contributed by atoms with van der Waals surface area (Å²) in [5.41, 5.74) is 0.521. The Morgan fingerprint density at radius 1 is 0.967 bits per heavy atom. The number of benzene rings is 2. The number of para-hydroxylation sites is 1. The Hall–Kier alpha value is -3.21. The van der Waals surface area contributed by atoms with Gasteiger partial charge in [0.25, 0.3) is 10.0 Å². The SMILES string of the molecule is O=S(=O)(NC1=NCCC1)c1ccc(Nc2nc(C(F)(F)F)nc3ccccc23)cc1. The number of rotatable bonds is 4. The van der Waals surface area contributed by atoms with Crippen LogP contribution in [0.5, 0.6) is 0 Å². The molecule has 0 atom stereocenters. The van der Waals surface area contributed by atoms with Gasteiger partial charge in [0.1, 0.15) is 11.7 Å². The number of sulfonamides is 1. The summed E-state index contributed by atoms with van der Waals surface area (Å²) in [5.74, 6) is -0.865. The Kier molecular flexibility index (Phi) is 5.06. The molecule has 7 nitrogen and oxygen atoms in total. The van der Waals surface area contributed by atoms with Crippen LogP contribution in [0.3, 0.4) is 0 Å². The molecule has 2 heterocycles. The van der Waals surface area contributed by atoms with Crippen molar-refractivity contribution in [2.75, 3.05) is 11.9 Å². The van der Waals surface area contributed by atoms with E-state index in [-0.39, 0.29) is 16.2 Å². The topological polar surface area (TPSA) is 96.3 Å². The van der Waals surface area contributed by atoms with Gasteiger partial charge in [-0.05, 0) is 42.8 Å². The molecular formula is C19H16F3N5O2S. The molecular weight excluding hydrogens is 419 g/mol. The maximum Gasteiger partial charge on any atom is 0.451 e. The molecule has 1 aromatic heterocycles. The normalized spacial score (nSPS) is 14.6. The molecule has 11 heteroatoms. The van der Waals surface area contributed by atoms with Crippen molar-refractivity contribution < 1.29 is 21.6 Å². The van der Waals surface area contributed by atoms with Gasteiger partial charge in [0.15, 0.2) is 0 Å². The molecule has 0 bridgehead atoms. The van der Waals surface area contributed by atoms with E-state index in [1.165, 1.54) is 30.3 Å². The number of alkyl halides is 3. The van der Waals surface area contributed by atoms with Gasteiger partial charge < -0.3 is 5.32 Å². The standard InChI is InChI=1S/C19H16F3N5O2S/c20-19(21,22)18-25-15-5-2-1-4-14(15)17(26-18)24-12-7-9-13(10-8-12)30(28,29)27-16-6-3-11-23-16/h1-2,4-5,7-10H,3,6,11H2,(H,23,27)(H,24,25,26). The Labute approximate surface area is 170 Å². The second kappa shape index (κ2) is 7.56. The number of nitrogens with zero attached hydrogens (tertiary/aromatic N) is 3. The zero-order valence-electron chi connectivity index (χ0n) is 15.4. The molecule has 30 heavy (non-hydrogen) atoms. The maximum absolute atomic E-state index is 13.1. The van der Waals surface area contributed by atoms with Crippen molar-refractivity contribution in [3.05, 3.63) is 54.4 Å². The van der Waals surface area contributed by atoms with Crippen LogP contribution >= 0.6 is 0 Å². The van der Waals surface area contributed by atoms with Crippen LogP contribution in [-0.4, -0.2) is 30.8 Å². The van der Waals surface area contributed by atoms with E-state index >= 15 is 0 Å². The lowest BCUT2D eigenvalue weighted by Crippen LogP contribution is -2.29. The summed E-state index contributed by atoms with van der Waals surface area (Å²) < 4.78 is 66.8. The number of aromatic nitrogens is 2. The van der Waals surface area contributed by atoms with Gasteiger partial charge in [-0.25, -0.2) is 18.4 Å². The lowest BCUT2D eigenvalue weighted by Gasteiger charge is -2.13. The van der Waals surface area contributed by atoms with Gasteiger partial charge in [0.05, 0.1) is 10.4 Å². The van der Waals surface area contributed by atoms with Crippen molar-refractivity contribution >= 4 is 38.3 Å². The van der Waals surface area contributed by atoms with E-state index in [0.29, 0.717) is 29.9 Å². The van der Waals surface area contributed by atoms with E-state index < -0.39 is 22.0 Å². The van der Waals surface area contributed by atoms with Crippen molar-refractivity contribution in [1.29, 1.82) is 0 Å². The molecule has 0 amide bonds. The highest BCUT2D eigenvalue weighted by Crippen LogP contribution is 2.31. The first-order chi connectivity index (χ1) is 14.2. The summed E-state index contributed by atoms with van der Waals surface area (Å²) in [6.07, 6.45) is -3.33. The first-order valence-electron chi connectivity index (χ1n) is 9.00. The summed E-state index contributed by atoms with van der Waals surface area (Å²) in [4.78, 5) is 11.3. The Bertz CT molecular complexity index is 1230. The predicted octanol–water partition coefficient (Wildman–Crippen LogP) is 3.86. The second-order valence-electron chi connectivity index (χ2n) is 6.60. The molecule has 0 fully saturated rings. The third kappa shape index (κ3) is 4.20. The largest absolute Gasteiger partial charge is 0.451 e. The average molecular weight is 435 g/mol. The molecule has 0 saturated carbocycles. The van der Waals surface area contributed by atoms with E-state index in [4.69, 9.17) is 0 Å². The summed E-state index contributed by atoms with van der Waals surface area (Å²) in [6, 6.07) is 11.9. The van der Waals surface area contributed by atoms with Crippen LogP contribution in [0, 0.1) is 0 Å². The zero-order valence-corrected chi connectivity index (χ0v) is 16.3. The number of halogens is 3. The van der Waals surface area contributed by atoms with Gasteiger partial charge >= 0.3 is 6.18 Å². The van der Waals surface area contributed by atoms with Crippen molar-refractivity contribution in [2.24, 2.45) is 4.99 Å². The first-order valence-corrected chi connectivity index (χ1v) is 10.5. The van der Waals surface area contributed by atoms with E-state index in [9.17, 15) is 21.6 Å². The Morgan fingerprint density at radius 3 is 2.37 bits per heavy atom. The zero-order chi connectivity index (χ0) is 21.4. The summed E-state index contributed by atoms with van der Waals surface area (Å²) in [6.45, 7) is 0.591. The molecule has 3 aromatic rings. The Balaban J connectivity index is 1.63. The molecule has 2 N–H and O–H groups in total. The third-order valence-corrected chi connectivity index (χ3v) is 5.81. The minimum Gasteiger partial charge on any atom is -0.340 e. The van der Waals surface area contributed by atoms with Crippen molar-refractivity contribution in [2.45, 2.75) is 23.9 Å². The number of fused-ring (bicyclic) bond motifs is 1. The van der Waals surface area contributed by atoms with Crippen LogP contribution in [0.25, 0.3) is 10.9 Å². The summed E-state index contributed by atoms with van der Waals surface area (Å²) in [5, 5.41) is 3.23. The molecule has 0 aliphatic carbocycles. The summed E-state index contributed by atoms with van der Waals surface area (Å²) >= 11 is 0. The van der Waals surface area contributed by atoms with Gasteiger partial charge in [-0.2, -0.15) is 13.2 Å². The van der Waals surface area contributed by atoms with E-state index in [0.717, 1.165) is 6.42 Å². The van der Waals surface area contributed by atoms with Crippen LogP contribution in [0.4, 0.5) is 24.7 Å². The molecule has 156 valence electrons. The fourth-order valence-electron chi connectivity index (χ4n) is 2.99. The quantitative estimate of drug-likeness (QED) is 0.649. The van der Waals surface area contributed by atoms with Crippen LogP contribution in [0.1, 0.15) is 18.7 Å². The second-order valence-corrected chi connectivity index (χ2v) is 8.28. The molecule has 4 rings (SSSR count). The van der Waals surface area contributed by atoms with Crippen LogP contribution < -0.4 is 10.0 Å². The van der Waals surface area contributed by atoms with Gasteiger partial charge in [-0.3, -0.25) is 9.71 Å². The highest BCUT2D eigenvalue weighted by molar-refractivity contribution is 7.90. The number of amidine groups is 1. The van der Waals surface area contributed by atoms with Crippen molar-refractivity contribution in [1.82, 2.24) is 14.7 Å². The average Bonchev–Trinajstić information content (AvgIpc) is 3.20. The minimum absolute atomic E-state index is 0.0196. The van der Waals surface area contributed by atoms with Crippen molar-refractivity contribution in [3.63, 3.8) is 0 Å². The van der Waals surface area contributed by atoms with E-state index in [1.54, 1.807) is 18.2 Å². The van der Waals surface area contributed by atoms with Crippen molar-refractivity contribution in [3.8, 4) is 0 Å². The number of aliphatic imine (C=N–C) groups is 1. The minimum atomic E-state index is -4.70.